The monoisotopic (exact) mass is 240 g/mol. The highest BCUT2D eigenvalue weighted by molar-refractivity contribution is 5.85. The van der Waals surface area contributed by atoms with Gasteiger partial charge < -0.3 is 15.2 Å². The Morgan fingerprint density at radius 2 is 2.18 bits per heavy atom. The second-order valence-corrected chi connectivity index (χ2v) is 4.57. The highest BCUT2D eigenvalue weighted by Gasteiger charge is 2.39. The zero-order chi connectivity index (χ0) is 12.7. The summed E-state index contributed by atoms with van der Waals surface area (Å²) in [6.07, 6.45) is 3.45. The Balaban J connectivity index is 2.47. The molecule has 96 valence electrons. The second kappa shape index (κ2) is 6.58. The number of amides is 1. The molecule has 5 nitrogen and oxygen atoms in total. The Labute approximate surface area is 102 Å². The fourth-order valence-corrected chi connectivity index (χ4v) is 2.18. The fraction of sp³-hybridized carbons (Fsp3) is 0.833. The van der Waals surface area contributed by atoms with Crippen molar-refractivity contribution in [3.8, 4) is 6.07 Å². The summed E-state index contributed by atoms with van der Waals surface area (Å²) in [4.78, 5) is 12.0. The maximum absolute atomic E-state index is 12.0. The number of rotatable bonds is 5. The van der Waals surface area contributed by atoms with Crippen molar-refractivity contribution in [2.24, 2.45) is 5.41 Å². The van der Waals surface area contributed by atoms with Gasteiger partial charge in [-0.25, -0.2) is 0 Å². The van der Waals surface area contributed by atoms with Crippen molar-refractivity contribution < 1.29 is 14.6 Å². The molecule has 1 unspecified atom stereocenters. The van der Waals surface area contributed by atoms with E-state index in [0.717, 1.165) is 19.3 Å². The lowest BCUT2D eigenvalue weighted by Crippen LogP contribution is -2.44. The average Bonchev–Trinajstić information content (AvgIpc) is 2.37. The maximum atomic E-state index is 12.0. The third-order valence-corrected chi connectivity index (χ3v) is 3.21. The number of nitriles is 1. The van der Waals surface area contributed by atoms with E-state index >= 15 is 0 Å². The molecule has 1 aliphatic carbocycles. The number of carbonyl (C=O) groups excluding carboxylic acids is 1. The van der Waals surface area contributed by atoms with Gasteiger partial charge in [-0.3, -0.25) is 4.79 Å². The molecular formula is C12H20N2O3. The number of hydrogen-bond donors (Lipinski definition) is 2. The van der Waals surface area contributed by atoms with Crippen LogP contribution in [0.4, 0.5) is 0 Å². The zero-order valence-corrected chi connectivity index (χ0v) is 10.2. The topological polar surface area (TPSA) is 82.3 Å². The molecule has 0 aromatic rings. The third-order valence-electron chi connectivity index (χ3n) is 3.21. The molecule has 1 atom stereocenters. The van der Waals surface area contributed by atoms with E-state index in [-0.39, 0.29) is 19.1 Å². The number of aliphatic hydroxyl groups excluding tert-OH is 1. The number of carbonyl (C=O) groups is 1. The lowest BCUT2D eigenvalue weighted by atomic mass is 9.74. The van der Waals surface area contributed by atoms with Crippen LogP contribution in [0.25, 0.3) is 0 Å². The van der Waals surface area contributed by atoms with Crippen molar-refractivity contribution in [3.05, 3.63) is 0 Å². The van der Waals surface area contributed by atoms with Crippen LogP contribution in [0, 0.1) is 16.7 Å². The van der Waals surface area contributed by atoms with Crippen molar-refractivity contribution in [2.45, 2.75) is 38.2 Å². The summed E-state index contributed by atoms with van der Waals surface area (Å²) in [5.74, 6) is -0.255. The van der Waals surface area contributed by atoms with Crippen molar-refractivity contribution in [1.82, 2.24) is 5.32 Å². The number of ether oxygens (including phenoxy) is 1. The maximum Gasteiger partial charge on any atom is 0.240 e. The summed E-state index contributed by atoms with van der Waals surface area (Å²) in [5, 5.41) is 21.3. The van der Waals surface area contributed by atoms with Gasteiger partial charge in [0.15, 0.2) is 0 Å². The first kappa shape index (κ1) is 13.9. The molecule has 1 amide bonds. The largest absolute Gasteiger partial charge is 0.389 e. The predicted octanol–water partition coefficient (Wildman–Crippen LogP) is 0.584. The van der Waals surface area contributed by atoms with Gasteiger partial charge in [-0.15, -0.1) is 0 Å². The van der Waals surface area contributed by atoms with Crippen LogP contribution in [-0.4, -0.2) is 37.4 Å². The minimum Gasteiger partial charge on any atom is -0.389 e. The summed E-state index contributed by atoms with van der Waals surface area (Å²) >= 11 is 0. The lowest BCUT2D eigenvalue weighted by molar-refractivity contribution is -0.130. The van der Waals surface area contributed by atoms with Crippen molar-refractivity contribution in [3.63, 3.8) is 0 Å². The minimum absolute atomic E-state index is 0.135. The van der Waals surface area contributed by atoms with Crippen molar-refractivity contribution >= 4 is 5.91 Å². The Morgan fingerprint density at radius 3 is 2.71 bits per heavy atom. The fourth-order valence-electron chi connectivity index (χ4n) is 2.18. The number of methoxy groups -OCH3 is 1. The van der Waals surface area contributed by atoms with Gasteiger partial charge in [0, 0.05) is 13.7 Å². The van der Waals surface area contributed by atoms with E-state index in [1.165, 1.54) is 7.11 Å². The molecule has 1 fully saturated rings. The molecule has 0 heterocycles. The van der Waals surface area contributed by atoms with Gasteiger partial charge >= 0.3 is 0 Å². The predicted molar refractivity (Wildman–Crippen MR) is 62.0 cm³/mol. The molecule has 0 saturated heterocycles. The molecule has 1 rings (SSSR count). The third kappa shape index (κ3) is 3.69. The summed E-state index contributed by atoms with van der Waals surface area (Å²) in [6, 6.07) is 2.15. The molecular weight excluding hydrogens is 220 g/mol. The lowest BCUT2D eigenvalue weighted by Gasteiger charge is -2.29. The van der Waals surface area contributed by atoms with E-state index in [4.69, 9.17) is 4.74 Å². The molecule has 0 aliphatic heterocycles. The van der Waals surface area contributed by atoms with E-state index in [1.54, 1.807) is 0 Å². The van der Waals surface area contributed by atoms with Crippen LogP contribution in [-0.2, 0) is 9.53 Å². The smallest absolute Gasteiger partial charge is 0.240 e. The molecule has 1 aliphatic rings. The quantitative estimate of drug-likeness (QED) is 0.736. The minimum atomic E-state index is -0.884. The van der Waals surface area contributed by atoms with E-state index < -0.39 is 11.5 Å². The highest BCUT2D eigenvalue weighted by atomic mass is 16.5. The molecule has 0 aromatic heterocycles. The van der Waals surface area contributed by atoms with Crippen LogP contribution in [0.5, 0.6) is 0 Å². The van der Waals surface area contributed by atoms with Crippen molar-refractivity contribution in [2.75, 3.05) is 20.3 Å². The Morgan fingerprint density at radius 1 is 1.53 bits per heavy atom. The SMILES string of the molecule is COCC(O)CNC(=O)C1(C#N)CCCCC1. The van der Waals surface area contributed by atoms with E-state index in [0.29, 0.717) is 12.8 Å². The van der Waals surface area contributed by atoms with Gasteiger partial charge in [-0.2, -0.15) is 5.26 Å². The number of hydrogen-bond acceptors (Lipinski definition) is 4. The molecule has 0 radical (unpaired) electrons. The summed E-state index contributed by atoms with van der Waals surface area (Å²) in [5.41, 5.74) is -0.884. The second-order valence-electron chi connectivity index (χ2n) is 4.57. The highest BCUT2D eigenvalue weighted by Crippen LogP contribution is 2.35. The average molecular weight is 240 g/mol. The van der Waals surface area contributed by atoms with Gasteiger partial charge in [0.1, 0.15) is 5.41 Å². The Bertz CT molecular complexity index is 293. The summed E-state index contributed by atoms with van der Waals surface area (Å²) in [7, 11) is 1.49. The van der Waals surface area contributed by atoms with Crippen LogP contribution >= 0.6 is 0 Å². The van der Waals surface area contributed by atoms with E-state index in [1.807, 2.05) is 0 Å². The first-order valence-corrected chi connectivity index (χ1v) is 6.01. The molecule has 17 heavy (non-hydrogen) atoms. The van der Waals surface area contributed by atoms with Gasteiger partial charge in [-0.05, 0) is 12.8 Å². The molecule has 0 bridgehead atoms. The van der Waals surface area contributed by atoms with Crippen LogP contribution in [0.15, 0.2) is 0 Å². The van der Waals surface area contributed by atoms with Gasteiger partial charge in [0.05, 0.1) is 18.8 Å². The standard InChI is InChI=1S/C12H20N2O3/c1-17-8-10(15)7-14-11(16)12(9-13)5-3-2-4-6-12/h10,15H,2-8H2,1H3,(H,14,16). The Hall–Kier alpha value is -1.12. The van der Waals surface area contributed by atoms with E-state index in [2.05, 4.69) is 11.4 Å². The van der Waals surface area contributed by atoms with Crippen LogP contribution in [0.2, 0.25) is 0 Å². The Kier molecular flexibility index (Phi) is 5.39. The normalized spacial score (nSPS) is 20.3. The molecule has 2 N–H and O–H groups in total. The zero-order valence-electron chi connectivity index (χ0n) is 10.2. The van der Waals surface area contributed by atoms with Gasteiger partial charge in [0.2, 0.25) is 5.91 Å². The van der Waals surface area contributed by atoms with Crippen LogP contribution < -0.4 is 5.32 Å². The summed E-state index contributed by atoms with van der Waals surface area (Å²) in [6.45, 7) is 0.315. The van der Waals surface area contributed by atoms with Crippen molar-refractivity contribution in [1.29, 1.82) is 5.26 Å². The number of nitrogens with zero attached hydrogens (tertiary/aromatic N) is 1. The number of aliphatic hydroxyl groups is 1. The molecule has 5 heteroatoms. The van der Waals surface area contributed by atoms with Crippen LogP contribution in [0.1, 0.15) is 32.1 Å². The van der Waals surface area contributed by atoms with Gasteiger partial charge in [0.25, 0.3) is 0 Å². The van der Waals surface area contributed by atoms with E-state index in [9.17, 15) is 15.2 Å². The molecule has 0 aromatic carbocycles. The van der Waals surface area contributed by atoms with Gasteiger partial charge in [-0.1, -0.05) is 19.3 Å². The first-order chi connectivity index (χ1) is 8.14. The summed E-state index contributed by atoms with van der Waals surface area (Å²) < 4.78 is 4.77. The first-order valence-electron chi connectivity index (χ1n) is 6.01. The molecule has 1 saturated carbocycles. The number of nitrogens with one attached hydrogen (secondary N) is 1. The van der Waals surface area contributed by atoms with Crippen LogP contribution in [0.3, 0.4) is 0 Å². The molecule has 0 spiro atoms.